The molecule has 1 aromatic heterocycles. The molecular weight excluding hydrogens is 206 g/mol. The lowest BCUT2D eigenvalue weighted by Gasteiger charge is -2.02. The number of anilines is 1. The molecule has 0 aliphatic heterocycles. The summed E-state index contributed by atoms with van der Waals surface area (Å²) in [6, 6.07) is 10.9. The molecule has 0 saturated heterocycles. The number of hydrogen-bond donors (Lipinski definition) is 1. The molecule has 0 bridgehead atoms. The zero-order valence-corrected chi connectivity index (χ0v) is 8.33. The third kappa shape index (κ3) is 1.83. The number of nitrogens with zero attached hydrogens (tertiary/aromatic N) is 2. The highest BCUT2D eigenvalue weighted by atomic mass is 16.6. The van der Waals surface area contributed by atoms with E-state index in [4.69, 9.17) is 5.73 Å². The Labute approximate surface area is 91.7 Å². The van der Waals surface area contributed by atoms with Crippen LogP contribution in [0.1, 0.15) is 0 Å². The molecule has 80 valence electrons. The fourth-order valence-corrected chi connectivity index (χ4v) is 1.38. The van der Waals surface area contributed by atoms with Gasteiger partial charge in [0.2, 0.25) is 0 Å². The number of pyridine rings is 1. The molecule has 0 aliphatic carbocycles. The molecule has 2 aromatic rings. The van der Waals surface area contributed by atoms with Crippen LogP contribution in [0.5, 0.6) is 0 Å². The predicted molar refractivity (Wildman–Crippen MR) is 60.7 cm³/mol. The summed E-state index contributed by atoms with van der Waals surface area (Å²) in [5.41, 5.74) is 7.04. The first-order valence-corrected chi connectivity index (χ1v) is 4.64. The van der Waals surface area contributed by atoms with Gasteiger partial charge in [-0.05, 0) is 6.07 Å². The molecule has 0 radical (unpaired) electrons. The lowest BCUT2D eigenvalue weighted by atomic mass is 10.1. The number of rotatable bonds is 2. The van der Waals surface area contributed by atoms with E-state index in [2.05, 4.69) is 4.98 Å². The Hall–Kier alpha value is -2.43. The van der Waals surface area contributed by atoms with Crippen LogP contribution >= 0.6 is 0 Å². The topological polar surface area (TPSA) is 82.0 Å². The molecule has 5 heteroatoms. The van der Waals surface area contributed by atoms with Crippen molar-refractivity contribution in [3.63, 3.8) is 0 Å². The molecule has 0 fully saturated rings. The normalized spacial score (nSPS) is 10.0. The van der Waals surface area contributed by atoms with Crippen molar-refractivity contribution in [1.82, 2.24) is 4.98 Å². The molecule has 0 atom stereocenters. The highest BCUT2D eigenvalue weighted by molar-refractivity contribution is 5.68. The van der Waals surface area contributed by atoms with Gasteiger partial charge in [-0.3, -0.25) is 10.1 Å². The Balaban J connectivity index is 2.46. The van der Waals surface area contributed by atoms with Gasteiger partial charge < -0.3 is 5.73 Å². The third-order valence-electron chi connectivity index (χ3n) is 2.18. The number of hydrogen-bond acceptors (Lipinski definition) is 4. The monoisotopic (exact) mass is 215 g/mol. The van der Waals surface area contributed by atoms with Gasteiger partial charge in [0.05, 0.1) is 10.6 Å². The molecule has 0 saturated carbocycles. The maximum absolute atomic E-state index is 10.6. The first kappa shape index (κ1) is 10.1. The average Bonchev–Trinajstić information content (AvgIpc) is 2.29. The lowest BCUT2D eigenvalue weighted by molar-refractivity contribution is -0.384. The number of benzene rings is 1. The Kier molecular flexibility index (Phi) is 2.51. The molecule has 0 amide bonds. The van der Waals surface area contributed by atoms with E-state index >= 15 is 0 Å². The molecule has 1 aromatic carbocycles. The Bertz CT molecular complexity index is 526. The lowest BCUT2D eigenvalue weighted by Crippen LogP contribution is -1.97. The van der Waals surface area contributed by atoms with Crippen LogP contribution in [0, 0.1) is 10.1 Å². The van der Waals surface area contributed by atoms with Crippen molar-refractivity contribution in [3.05, 3.63) is 52.7 Å². The van der Waals surface area contributed by atoms with Crippen LogP contribution in [-0.2, 0) is 0 Å². The van der Waals surface area contributed by atoms with E-state index in [-0.39, 0.29) is 11.4 Å². The molecule has 5 nitrogen and oxygen atoms in total. The van der Waals surface area contributed by atoms with Crippen LogP contribution in [0.4, 0.5) is 11.4 Å². The van der Waals surface area contributed by atoms with Crippen LogP contribution in [-0.4, -0.2) is 9.91 Å². The summed E-state index contributed by atoms with van der Waals surface area (Å²) in [6.45, 7) is 0. The quantitative estimate of drug-likeness (QED) is 0.615. The first-order chi connectivity index (χ1) is 7.68. The smallest absolute Gasteiger partial charge is 0.310 e. The molecule has 0 spiro atoms. The van der Waals surface area contributed by atoms with Gasteiger partial charge in [-0.15, -0.1) is 0 Å². The van der Waals surface area contributed by atoms with Crippen molar-refractivity contribution in [2.24, 2.45) is 0 Å². The fraction of sp³-hybridized carbons (Fsp3) is 0. The van der Waals surface area contributed by atoms with E-state index in [0.29, 0.717) is 5.69 Å². The van der Waals surface area contributed by atoms with E-state index in [1.54, 1.807) is 0 Å². The Morgan fingerprint density at radius 3 is 2.50 bits per heavy atom. The zero-order valence-electron chi connectivity index (χ0n) is 8.33. The van der Waals surface area contributed by atoms with Gasteiger partial charge in [0.15, 0.2) is 0 Å². The second kappa shape index (κ2) is 3.98. The number of nitro groups is 1. The minimum Gasteiger partial charge on any atom is -0.393 e. The van der Waals surface area contributed by atoms with Crippen LogP contribution in [0.25, 0.3) is 11.3 Å². The van der Waals surface area contributed by atoms with Crippen molar-refractivity contribution >= 4 is 11.4 Å². The zero-order chi connectivity index (χ0) is 11.5. The van der Waals surface area contributed by atoms with Crippen LogP contribution in [0.3, 0.4) is 0 Å². The van der Waals surface area contributed by atoms with Gasteiger partial charge in [0.25, 0.3) is 0 Å². The van der Waals surface area contributed by atoms with Gasteiger partial charge in [-0.2, -0.15) is 0 Å². The highest BCUT2D eigenvalue weighted by Gasteiger charge is 2.12. The molecule has 1 heterocycles. The van der Waals surface area contributed by atoms with E-state index in [1.165, 1.54) is 12.3 Å². The van der Waals surface area contributed by atoms with Gasteiger partial charge in [-0.1, -0.05) is 30.3 Å². The highest BCUT2D eigenvalue weighted by Crippen LogP contribution is 2.25. The summed E-state index contributed by atoms with van der Waals surface area (Å²) >= 11 is 0. The van der Waals surface area contributed by atoms with Crippen molar-refractivity contribution in [3.8, 4) is 11.3 Å². The molecular formula is C11H9N3O2. The van der Waals surface area contributed by atoms with Gasteiger partial charge in [-0.25, -0.2) is 4.98 Å². The molecule has 2 rings (SSSR count). The first-order valence-electron chi connectivity index (χ1n) is 4.64. The molecule has 0 unspecified atom stereocenters. The Morgan fingerprint density at radius 2 is 1.94 bits per heavy atom. The number of nitrogen functional groups attached to an aromatic ring is 1. The van der Waals surface area contributed by atoms with Crippen LogP contribution in [0.2, 0.25) is 0 Å². The fourth-order valence-electron chi connectivity index (χ4n) is 1.38. The van der Waals surface area contributed by atoms with Gasteiger partial charge >= 0.3 is 5.69 Å². The van der Waals surface area contributed by atoms with Crippen LogP contribution in [0.15, 0.2) is 42.6 Å². The van der Waals surface area contributed by atoms with Crippen molar-refractivity contribution in [2.45, 2.75) is 0 Å². The van der Waals surface area contributed by atoms with Crippen LogP contribution < -0.4 is 5.73 Å². The minimum absolute atomic E-state index is 0.124. The summed E-state index contributed by atoms with van der Waals surface area (Å²) in [5, 5.41) is 10.6. The summed E-state index contributed by atoms with van der Waals surface area (Å²) in [4.78, 5) is 14.0. The maximum Gasteiger partial charge on any atom is 0.310 e. The molecule has 2 N–H and O–H groups in total. The van der Waals surface area contributed by atoms with Gasteiger partial charge in [0, 0.05) is 5.56 Å². The SMILES string of the molecule is Nc1cc(-c2ccccc2)ncc1[N+](=O)[O-]. The van der Waals surface area contributed by atoms with E-state index in [0.717, 1.165) is 5.56 Å². The number of aromatic nitrogens is 1. The molecule has 16 heavy (non-hydrogen) atoms. The summed E-state index contributed by atoms with van der Waals surface area (Å²) < 4.78 is 0. The third-order valence-corrected chi connectivity index (χ3v) is 2.18. The minimum atomic E-state index is -0.545. The van der Waals surface area contributed by atoms with E-state index in [9.17, 15) is 10.1 Å². The summed E-state index contributed by atoms with van der Waals surface area (Å²) in [5.74, 6) is 0. The largest absolute Gasteiger partial charge is 0.393 e. The average molecular weight is 215 g/mol. The van der Waals surface area contributed by atoms with Crippen molar-refractivity contribution in [1.29, 1.82) is 0 Å². The Morgan fingerprint density at radius 1 is 1.25 bits per heavy atom. The summed E-state index contributed by atoms with van der Waals surface area (Å²) in [6.07, 6.45) is 1.18. The maximum atomic E-state index is 10.6. The number of nitrogens with two attached hydrogens (primary N) is 1. The second-order valence-corrected chi connectivity index (χ2v) is 3.25. The summed E-state index contributed by atoms with van der Waals surface area (Å²) in [7, 11) is 0. The molecule has 0 aliphatic rings. The predicted octanol–water partition coefficient (Wildman–Crippen LogP) is 2.24. The second-order valence-electron chi connectivity index (χ2n) is 3.25. The standard InChI is InChI=1S/C11H9N3O2/c12-9-6-10(8-4-2-1-3-5-8)13-7-11(9)14(15)16/h1-7H,(H2,12,13). The van der Waals surface area contributed by atoms with E-state index in [1.807, 2.05) is 30.3 Å². The van der Waals surface area contributed by atoms with Crippen molar-refractivity contribution in [2.75, 3.05) is 5.73 Å². The van der Waals surface area contributed by atoms with Crippen molar-refractivity contribution < 1.29 is 4.92 Å². The van der Waals surface area contributed by atoms with Gasteiger partial charge in [0.1, 0.15) is 11.9 Å². The van der Waals surface area contributed by atoms with E-state index < -0.39 is 4.92 Å².